The van der Waals surface area contributed by atoms with Crippen LogP contribution in [0, 0.1) is 5.92 Å². The fourth-order valence-electron chi connectivity index (χ4n) is 6.55. The van der Waals surface area contributed by atoms with E-state index in [4.69, 9.17) is 9.97 Å². The van der Waals surface area contributed by atoms with E-state index in [1.807, 2.05) is 0 Å². The van der Waals surface area contributed by atoms with Crippen molar-refractivity contribution in [3.8, 4) is 11.1 Å². The third kappa shape index (κ3) is 5.83. The third-order valence-electron chi connectivity index (χ3n) is 8.86. The molecule has 3 saturated heterocycles. The molecule has 3 fully saturated rings. The summed E-state index contributed by atoms with van der Waals surface area (Å²) in [4.78, 5) is 21.4. The van der Waals surface area contributed by atoms with Crippen LogP contribution in [-0.2, 0) is 0 Å². The minimum Gasteiger partial charge on any atom is -0.356 e. The molecule has 6 rings (SSSR count). The van der Waals surface area contributed by atoms with Gasteiger partial charge < -0.3 is 24.9 Å². The summed E-state index contributed by atoms with van der Waals surface area (Å²) in [6.45, 7) is 10.2. The van der Waals surface area contributed by atoms with Gasteiger partial charge in [0.1, 0.15) is 10.6 Å². The molecular formula is C30H43N7S. The second kappa shape index (κ2) is 11.9. The molecule has 3 aromatic rings. The van der Waals surface area contributed by atoms with E-state index >= 15 is 0 Å². The Morgan fingerprint density at radius 3 is 2.53 bits per heavy atom. The number of likely N-dealkylation sites (tertiary alicyclic amines) is 2. The lowest BCUT2D eigenvalue weighted by Gasteiger charge is -2.36. The lowest BCUT2D eigenvalue weighted by Crippen LogP contribution is -2.42. The number of hydrogen-bond acceptors (Lipinski definition) is 8. The van der Waals surface area contributed by atoms with Crippen molar-refractivity contribution < 1.29 is 0 Å². The van der Waals surface area contributed by atoms with E-state index < -0.39 is 0 Å². The Balaban J connectivity index is 1.19. The van der Waals surface area contributed by atoms with Crippen molar-refractivity contribution >= 4 is 33.3 Å². The molecular weight excluding hydrogens is 490 g/mol. The van der Waals surface area contributed by atoms with Crippen LogP contribution in [0.25, 0.3) is 21.3 Å². The van der Waals surface area contributed by atoms with Gasteiger partial charge in [-0.3, -0.25) is 0 Å². The molecule has 5 heterocycles. The number of anilines is 2. The number of thiophene rings is 1. The molecule has 3 aliphatic rings. The van der Waals surface area contributed by atoms with Crippen LogP contribution in [0.5, 0.6) is 0 Å². The number of benzene rings is 1. The van der Waals surface area contributed by atoms with Gasteiger partial charge in [-0.15, -0.1) is 11.3 Å². The van der Waals surface area contributed by atoms with Gasteiger partial charge in [-0.25, -0.2) is 4.98 Å². The number of aromatic nitrogens is 2. The van der Waals surface area contributed by atoms with Crippen LogP contribution in [0.2, 0.25) is 0 Å². The van der Waals surface area contributed by atoms with Gasteiger partial charge in [0.25, 0.3) is 0 Å². The highest BCUT2D eigenvalue weighted by atomic mass is 32.1. The second-order valence-electron chi connectivity index (χ2n) is 11.6. The Hall–Kier alpha value is -2.26. The summed E-state index contributed by atoms with van der Waals surface area (Å²) < 4.78 is 0. The Bertz CT molecular complexity index is 1180. The summed E-state index contributed by atoms with van der Waals surface area (Å²) in [5, 5.41) is 7.06. The molecule has 0 saturated carbocycles. The average Bonchev–Trinajstić information content (AvgIpc) is 3.71. The van der Waals surface area contributed by atoms with Gasteiger partial charge >= 0.3 is 0 Å². The topological polar surface area (TPSA) is 50.8 Å². The van der Waals surface area contributed by atoms with Crippen LogP contribution in [0.3, 0.4) is 0 Å². The predicted octanol–water partition coefficient (Wildman–Crippen LogP) is 4.72. The van der Waals surface area contributed by atoms with Crippen molar-refractivity contribution in [3.05, 3.63) is 35.7 Å². The zero-order valence-corrected chi connectivity index (χ0v) is 23.9. The van der Waals surface area contributed by atoms with E-state index in [1.54, 1.807) is 11.3 Å². The maximum absolute atomic E-state index is 5.18. The number of fused-ring (bicyclic) bond motifs is 1. The highest BCUT2D eigenvalue weighted by molar-refractivity contribution is 7.17. The summed E-state index contributed by atoms with van der Waals surface area (Å²) in [7, 11) is 4.58. The van der Waals surface area contributed by atoms with E-state index in [0.29, 0.717) is 6.04 Å². The van der Waals surface area contributed by atoms with E-state index in [0.717, 1.165) is 48.7 Å². The first-order valence-electron chi connectivity index (χ1n) is 14.6. The smallest absolute Gasteiger partial charge is 0.226 e. The molecule has 1 aromatic carbocycles. The normalized spacial score (nSPS) is 21.8. The number of nitrogens with one attached hydrogen (secondary N) is 1. The van der Waals surface area contributed by atoms with Crippen molar-refractivity contribution in [2.45, 2.75) is 38.1 Å². The van der Waals surface area contributed by atoms with Crippen LogP contribution in [0.1, 0.15) is 32.1 Å². The maximum atomic E-state index is 5.18. The van der Waals surface area contributed by atoms with Gasteiger partial charge in [-0.2, -0.15) is 4.98 Å². The van der Waals surface area contributed by atoms with Gasteiger partial charge in [-0.05, 0) is 77.3 Å². The molecule has 7 nitrogen and oxygen atoms in total. The van der Waals surface area contributed by atoms with Crippen LogP contribution < -0.4 is 10.2 Å². The molecule has 1 N–H and O–H groups in total. The van der Waals surface area contributed by atoms with Gasteiger partial charge in [0, 0.05) is 56.3 Å². The minimum atomic E-state index is 0.716. The first-order chi connectivity index (χ1) is 18.6. The van der Waals surface area contributed by atoms with Gasteiger partial charge in [-0.1, -0.05) is 30.3 Å². The zero-order valence-electron chi connectivity index (χ0n) is 23.1. The molecule has 2 aromatic heterocycles. The van der Waals surface area contributed by atoms with Crippen LogP contribution in [0.15, 0.2) is 35.7 Å². The molecule has 1 unspecified atom stereocenters. The molecule has 1 atom stereocenters. The van der Waals surface area contributed by atoms with Crippen LogP contribution in [0.4, 0.5) is 11.8 Å². The third-order valence-corrected chi connectivity index (χ3v) is 9.73. The Kier molecular flexibility index (Phi) is 8.11. The van der Waals surface area contributed by atoms with Crippen molar-refractivity contribution in [2.75, 3.05) is 83.2 Å². The minimum absolute atomic E-state index is 0.716. The van der Waals surface area contributed by atoms with E-state index in [9.17, 15) is 0 Å². The van der Waals surface area contributed by atoms with Gasteiger partial charge in [0.15, 0.2) is 0 Å². The molecule has 0 spiro atoms. The summed E-state index contributed by atoms with van der Waals surface area (Å²) in [6, 6.07) is 11.5. The Morgan fingerprint density at radius 1 is 1.00 bits per heavy atom. The molecule has 0 bridgehead atoms. The van der Waals surface area contributed by atoms with Crippen LogP contribution in [-0.4, -0.2) is 104 Å². The maximum Gasteiger partial charge on any atom is 0.226 e. The quantitative estimate of drug-likeness (QED) is 0.427. The largest absolute Gasteiger partial charge is 0.356 e. The van der Waals surface area contributed by atoms with Crippen molar-refractivity contribution in [2.24, 2.45) is 5.92 Å². The summed E-state index contributed by atoms with van der Waals surface area (Å²) >= 11 is 1.74. The Morgan fingerprint density at radius 2 is 1.79 bits per heavy atom. The van der Waals surface area contributed by atoms with E-state index in [-0.39, 0.29) is 0 Å². The molecule has 0 aliphatic carbocycles. The highest BCUT2D eigenvalue weighted by Gasteiger charge is 2.28. The predicted molar refractivity (Wildman–Crippen MR) is 160 cm³/mol. The highest BCUT2D eigenvalue weighted by Crippen LogP contribution is 2.40. The molecule has 8 heteroatoms. The number of hydrogen-bond donors (Lipinski definition) is 1. The van der Waals surface area contributed by atoms with Crippen LogP contribution >= 0.6 is 11.3 Å². The SMILES string of the molecule is CN1CCC(N(C)CC2CCN(c3nc(NCCN4CCCC4)nc4scc(-c5ccccc5)c34)CC2)C1. The molecule has 3 aliphatic heterocycles. The number of likely N-dealkylation sites (N-methyl/N-ethyl adjacent to an activating group) is 2. The van der Waals surface area contributed by atoms with Gasteiger partial charge in [0.2, 0.25) is 5.95 Å². The Labute approximate surface area is 231 Å². The summed E-state index contributed by atoms with van der Waals surface area (Å²) in [5.41, 5.74) is 2.51. The first-order valence-corrected chi connectivity index (χ1v) is 15.5. The number of rotatable bonds is 9. The second-order valence-corrected chi connectivity index (χ2v) is 12.5. The monoisotopic (exact) mass is 533 g/mol. The lowest BCUT2D eigenvalue weighted by molar-refractivity contribution is 0.192. The summed E-state index contributed by atoms with van der Waals surface area (Å²) in [5.74, 6) is 2.65. The van der Waals surface area contributed by atoms with Crippen molar-refractivity contribution in [3.63, 3.8) is 0 Å². The fourth-order valence-corrected chi connectivity index (χ4v) is 7.49. The lowest BCUT2D eigenvalue weighted by atomic mass is 9.95. The van der Waals surface area contributed by atoms with Gasteiger partial charge in [0.05, 0.1) is 5.39 Å². The fraction of sp³-hybridized carbons (Fsp3) is 0.600. The molecule has 0 amide bonds. The molecule has 0 radical (unpaired) electrons. The van der Waals surface area contributed by atoms with Crippen molar-refractivity contribution in [1.82, 2.24) is 24.7 Å². The van der Waals surface area contributed by atoms with Crippen molar-refractivity contribution in [1.29, 1.82) is 0 Å². The molecule has 204 valence electrons. The average molecular weight is 534 g/mol. The van der Waals surface area contributed by atoms with E-state index in [2.05, 4.69) is 74.7 Å². The standard InChI is InChI=1S/C30H43N7S/c1-34-16-12-25(21-34)35(2)20-23-10-17-37(18-11-23)28-27-26(24-8-4-3-5-9-24)22-38-29(27)33-30(32-28)31-13-19-36-14-6-7-15-36/h3-5,8-9,22-23,25H,6-7,10-21H2,1-2H3,(H,31,32,33). The number of piperidine rings is 1. The van der Waals surface area contributed by atoms with E-state index in [1.165, 1.54) is 81.3 Å². The summed E-state index contributed by atoms with van der Waals surface area (Å²) in [6.07, 6.45) is 6.40. The number of nitrogens with zero attached hydrogens (tertiary/aromatic N) is 6. The molecule has 38 heavy (non-hydrogen) atoms. The first kappa shape index (κ1) is 26.0. The zero-order chi connectivity index (χ0) is 25.9.